The number of hydrogen-bond donors (Lipinski definition) is 0. The van der Waals surface area contributed by atoms with Crippen molar-refractivity contribution in [1.82, 2.24) is 4.90 Å². The molecule has 114 valence electrons. The van der Waals surface area contributed by atoms with E-state index in [4.69, 9.17) is 4.74 Å². The number of nitrogens with zero attached hydrogens (tertiary/aromatic N) is 1. The summed E-state index contributed by atoms with van der Waals surface area (Å²) in [5.74, 6) is 0. The molecule has 2 fully saturated rings. The lowest BCUT2D eigenvalue weighted by molar-refractivity contribution is -0.0117. The molecule has 0 spiro atoms. The number of carbonyl (C=O) groups is 1. The molecule has 3 heteroatoms. The fourth-order valence-corrected chi connectivity index (χ4v) is 3.44. The summed E-state index contributed by atoms with van der Waals surface area (Å²) in [7, 11) is 0. The van der Waals surface area contributed by atoms with Crippen LogP contribution in [-0.2, 0) is 4.74 Å². The minimum Gasteiger partial charge on any atom is -0.438 e. The Morgan fingerprint density at radius 1 is 0.900 bits per heavy atom. The lowest BCUT2D eigenvalue weighted by Gasteiger charge is -2.40. The largest absolute Gasteiger partial charge is 0.438 e. The number of piperidine rings is 1. The van der Waals surface area contributed by atoms with Crippen LogP contribution in [0.2, 0.25) is 0 Å². The topological polar surface area (TPSA) is 29.5 Å². The molecule has 0 aromatic carbocycles. The monoisotopic (exact) mass is 279 g/mol. The summed E-state index contributed by atoms with van der Waals surface area (Å²) in [4.78, 5) is 14.4. The summed E-state index contributed by atoms with van der Waals surface area (Å²) in [6.45, 7) is 8.12. The maximum Gasteiger partial charge on any atom is 0.410 e. The van der Waals surface area contributed by atoms with Crippen molar-refractivity contribution in [3.8, 4) is 0 Å². The van der Waals surface area contributed by atoms with E-state index in [1.54, 1.807) is 0 Å². The van der Waals surface area contributed by atoms with Crippen LogP contribution in [0.25, 0.3) is 0 Å². The van der Waals surface area contributed by atoms with Gasteiger partial charge in [-0.3, -0.25) is 0 Å². The maximum atomic E-state index is 12.5. The van der Waals surface area contributed by atoms with Gasteiger partial charge in [0.25, 0.3) is 0 Å². The molecule has 1 aliphatic heterocycles. The summed E-state index contributed by atoms with van der Waals surface area (Å²) in [5, 5.41) is 0. The van der Waals surface area contributed by atoms with Gasteiger partial charge in [-0.2, -0.15) is 0 Å². The Kier molecular flexibility index (Phi) is 5.11. The summed E-state index contributed by atoms with van der Waals surface area (Å²) in [6, 6.07) is 0. The normalized spacial score (nSPS) is 22.2. The van der Waals surface area contributed by atoms with Gasteiger partial charge in [0.2, 0.25) is 0 Å². The summed E-state index contributed by atoms with van der Waals surface area (Å²) in [5.41, 5.74) is 2.23. The highest BCUT2D eigenvalue weighted by molar-refractivity contribution is 5.68. The third-order valence-electron chi connectivity index (χ3n) is 4.99. The van der Waals surface area contributed by atoms with Crippen molar-refractivity contribution in [3.63, 3.8) is 0 Å². The minimum absolute atomic E-state index is 0.0906. The molecule has 0 bridgehead atoms. The van der Waals surface area contributed by atoms with E-state index in [0.29, 0.717) is 0 Å². The number of ether oxygens (including phenoxy) is 1. The van der Waals surface area contributed by atoms with Crippen molar-refractivity contribution in [2.24, 2.45) is 0 Å². The van der Waals surface area contributed by atoms with Gasteiger partial charge in [0.1, 0.15) is 5.60 Å². The molecule has 3 nitrogen and oxygen atoms in total. The van der Waals surface area contributed by atoms with Gasteiger partial charge >= 0.3 is 6.09 Å². The zero-order valence-electron chi connectivity index (χ0n) is 13.3. The SMILES string of the molecule is CC(C)=C(C)C1(OC(=O)N2CCCCC2)CCCCC1. The second-order valence-corrected chi connectivity index (χ2v) is 6.60. The third kappa shape index (κ3) is 3.36. The van der Waals surface area contributed by atoms with Gasteiger partial charge in [-0.15, -0.1) is 0 Å². The average Bonchev–Trinajstić information content (AvgIpc) is 2.48. The van der Waals surface area contributed by atoms with Crippen molar-refractivity contribution in [3.05, 3.63) is 11.1 Å². The van der Waals surface area contributed by atoms with Crippen molar-refractivity contribution in [2.45, 2.75) is 77.7 Å². The molecule has 0 unspecified atom stereocenters. The van der Waals surface area contributed by atoms with Crippen LogP contribution in [0.4, 0.5) is 4.79 Å². The van der Waals surface area contributed by atoms with Gasteiger partial charge < -0.3 is 9.64 Å². The lowest BCUT2D eigenvalue weighted by Crippen LogP contribution is -2.45. The van der Waals surface area contributed by atoms with E-state index in [1.165, 1.54) is 24.0 Å². The highest BCUT2D eigenvalue weighted by atomic mass is 16.6. The van der Waals surface area contributed by atoms with Crippen molar-refractivity contribution < 1.29 is 9.53 Å². The molecule has 1 saturated heterocycles. The molecule has 1 amide bonds. The van der Waals surface area contributed by atoms with Crippen molar-refractivity contribution in [1.29, 1.82) is 0 Å². The number of carbonyl (C=O) groups excluding carboxylic acids is 1. The highest BCUT2D eigenvalue weighted by Gasteiger charge is 2.39. The van der Waals surface area contributed by atoms with Gasteiger partial charge in [0, 0.05) is 13.1 Å². The first-order valence-corrected chi connectivity index (χ1v) is 8.18. The Morgan fingerprint density at radius 3 is 2.00 bits per heavy atom. The Labute approximate surface area is 123 Å². The van der Waals surface area contributed by atoms with Crippen LogP contribution in [0.3, 0.4) is 0 Å². The first kappa shape index (κ1) is 15.4. The Balaban J connectivity index is 2.11. The van der Waals surface area contributed by atoms with Crippen LogP contribution in [0.1, 0.15) is 72.1 Å². The van der Waals surface area contributed by atoms with E-state index in [-0.39, 0.29) is 11.7 Å². The summed E-state index contributed by atoms with van der Waals surface area (Å²) < 4.78 is 6.07. The van der Waals surface area contributed by atoms with E-state index in [0.717, 1.165) is 51.6 Å². The smallest absolute Gasteiger partial charge is 0.410 e. The number of allylic oxidation sites excluding steroid dienone is 1. The van der Waals surface area contributed by atoms with Gasteiger partial charge in [-0.05, 0) is 71.3 Å². The van der Waals surface area contributed by atoms with Gasteiger partial charge in [-0.25, -0.2) is 4.79 Å². The summed E-state index contributed by atoms with van der Waals surface area (Å²) >= 11 is 0. The van der Waals surface area contributed by atoms with E-state index < -0.39 is 0 Å². The molecule has 20 heavy (non-hydrogen) atoms. The van der Waals surface area contributed by atoms with E-state index in [9.17, 15) is 4.79 Å². The Hall–Kier alpha value is -0.990. The number of likely N-dealkylation sites (tertiary alicyclic amines) is 1. The Bertz CT molecular complexity index is 370. The number of rotatable bonds is 2. The standard InChI is InChI=1S/C17H29NO2/c1-14(2)15(3)17(10-6-4-7-11-17)20-16(19)18-12-8-5-9-13-18/h4-13H2,1-3H3. The van der Waals surface area contributed by atoms with Crippen LogP contribution in [0.15, 0.2) is 11.1 Å². The minimum atomic E-state index is -0.328. The lowest BCUT2D eigenvalue weighted by atomic mass is 9.78. The predicted molar refractivity (Wildman–Crippen MR) is 81.8 cm³/mol. The molecule has 2 aliphatic rings. The molecule has 0 radical (unpaired) electrons. The van der Waals surface area contributed by atoms with Crippen LogP contribution in [0, 0.1) is 0 Å². The number of hydrogen-bond acceptors (Lipinski definition) is 2. The molecule has 0 aromatic rings. The van der Waals surface area contributed by atoms with Crippen LogP contribution in [-0.4, -0.2) is 29.7 Å². The molecule has 0 aromatic heterocycles. The molecule has 1 heterocycles. The van der Waals surface area contributed by atoms with Gasteiger partial charge in [0.15, 0.2) is 0 Å². The zero-order valence-corrected chi connectivity index (χ0v) is 13.3. The van der Waals surface area contributed by atoms with Crippen LogP contribution >= 0.6 is 0 Å². The third-order valence-corrected chi connectivity index (χ3v) is 4.99. The van der Waals surface area contributed by atoms with E-state index in [1.807, 2.05) is 4.90 Å². The fraction of sp³-hybridized carbons (Fsp3) is 0.824. The first-order valence-electron chi connectivity index (χ1n) is 8.18. The molecule has 2 rings (SSSR count). The Morgan fingerprint density at radius 2 is 1.45 bits per heavy atom. The molecule has 1 aliphatic carbocycles. The first-order chi connectivity index (χ1) is 9.55. The highest BCUT2D eigenvalue weighted by Crippen LogP contribution is 2.39. The molecular weight excluding hydrogens is 250 g/mol. The fourth-order valence-electron chi connectivity index (χ4n) is 3.44. The molecular formula is C17H29NO2. The maximum absolute atomic E-state index is 12.5. The predicted octanol–water partition coefficient (Wildman–Crippen LogP) is 4.67. The zero-order chi connectivity index (χ0) is 14.6. The molecule has 0 atom stereocenters. The van der Waals surface area contributed by atoms with Gasteiger partial charge in [-0.1, -0.05) is 12.0 Å². The van der Waals surface area contributed by atoms with Crippen molar-refractivity contribution >= 4 is 6.09 Å². The average molecular weight is 279 g/mol. The van der Waals surface area contributed by atoms with E-state index in [2.05, 4.69) is 20.8 Å². The molecule has 0 N–H and O–H groups in total. The molecule has 1 saturated carbocycles. The second-order valence-electron chi connectivity index (χ2n) is 6.60. The second kappa shape index (κ2) is 6.64. The van der Waals surface area contributed by atoms with Crippen LogP contribution < -0.4 is 0 Å². The van der Waals surface area contributed by atoms with Crippen molar-refractivity contribution in [2.75, 3.05) is 13.1 Å². The number of amides is 1. The summed E-state index contributed by atoms with van der Waals surface area (Å²) in [6.07, 6.45) is 8.95. The van der Waals surface area contributed by atoms with E-state index >= 15 is 0 Å². The van der Waals surface area contributed by atoms with Crippen LogP contribution in [0.5, 0.6) is 0 Å². The van der Waals surface area contributed by atoms with Gasteiger partial charge in [0.05, 0.1) is 0 Å². The quantitative estimate of drug-likeness (QED) is 0.687.